The molecule has 0 aliphatic carbocycles. The number of aromatic hydroxyl groups is 1. The van der Waals surface area contributed by atoms with E-state index in [0.29, 0.717) is 25.3 Å². The van der Waals surface area contributed by atoms with Crippen LogP contribution < -0.4 is 0 Å². The van der Waals surface area contributed by atoms with Crippen LogP contribution in [0.15, 0.2) is 36.9 Å². The minimum Gasteiger partial charge on any atom is -0.508 e. The molecule has 0 aromatic heterocycles. The molecule has 0 heterocycles. The van der Waals surface area contributed by atoms with Crippen molar-refractivity contribution >= 4 is 5.91 Å². The van der Waals surface area contributed by atoms with E-state index in [9.17, 15) is 4.79 Å². The zero-order valence-electron chi connectivity index (χ0n) is 9.93. The summed E-state index contributed by atoms with van der Waals surface area (Å²) < 4.78 is 4.96. The Labute approximate surface area is 101 Å². The molecule has 4 heteroatoms. The van der Waals surface area contributed by atoms with E-state index in [1.54, 1.807) is 30.2 Å². The second kappa shape index (κ2) is 6.70. The second-order valence-electron chi connectivity index (χ2n) is 3.58. The van der Waals surface area contributed by atoms with E-state index < -0.39 is 0 Å². The molecule has 1 aromatic rings. The Bertz CT molecular complexity index is 373. The number of ether oxygens (including phenoxy) is 1. The topological polar surface area (TPSA) is 49.8 Å². The molecule has 0 aliphatic rings. The third-order valence-corrected chi connectivity index (χ3v) is 2.32. The molecule has 0 aliphatic heterocycles. The van der Waals surface area contributed by atoms with Crippen LogP contribution in [0.1, 0.15) is 10.4 Å². The molecule has 1 amide bonds. The van der Waals surface area contributed by atoms with Gasteiger partial charge in [0, 0.05) is 25.8 Å². The molecular formula is C13H17NO3. The summed E-state index contributed by atoms with van der Waals surface area (Å²) in [6, 6.07) is 6.19. The fourth-order valence-electron chi connectivity index (χ4n) is 1.42. The second-order valence-corrected chi connectivity index (χ2v) is 3.58. The third-order valence-electron chi connectivity index (χ3n) is 2.32. The van der Waals surface area contributed by atoms with Crippen LogP contribution in [-0.4, -0.2) is 42.7 Å². The average Bonchev–Trinajstić information content (AvgIpc) is 2.34. The quantitative estimate of drug-likeness (QED) is 0.763. The average molecular weight is 235 g/mol. The van der Waals surface area contributed by atoms with Gasteiger partial charge in [-0.1, -0.05) is 6.08 Å². The molecular weight excluding hydrogens is 218 g/mol. The van der Waals surface area contributed by atoms with Crippen LogP contribution in [0.5, 0.6) is 5.75 Å². The van der Waals surface area contributed by atoms with Crippen molar-refractivity contribution in [2.24, 2.45) is 0 Å². The number of carbonyl (C=O) groups excluding carboxylic acids is 1. The van der Waals surface area contributed by atoms with Crippen molar-refractivity contribution < 1.29 is 14.6 Å². The van der Waals surface area contributed by atoms with E-state index in [1.807, 2.05) is 0 Å². The lowest BCUT2D eigenvalue weighted by Gasteiger charge is -2.20. The molecule has 0 bridgehead atoms. The Morgan fingerprint density at radius 2 is 2.12 bits per heavy atom. The summed E-state index contributed by atoms with van der Waals surface area (Å²) in [7, 11) is 1.59. The molecule has 0 radical (unpaired) electrons. The predicted molar refractivity (Wildman–Crippen MR) is 66.1 cm³/mol. The summed E-state index contributed by atoms with van der Waals surface area (Å²) in [5.41, 5.74) is 0.542. The van der Waals surface area contributed by atoms with Crippen molar-refractivity contribution in [2.45, 2.75) is 0 Å². The van der Waals surface area contributed by atoms with Crippen molar-refractivity contribution in [3.63, 3.8) is 0 Å². The molecule has 1 rings (SSSR count). The summed E-state index contributed by atoms with van der Waals surface area (Å²) >= 11 is 0. The third kappa shape index (κ3) is 3.92. The van der Waals surface area contributed by atoms with Gasteiger partial charge in [0.15, 0.2) is 0 Å². The highest BCUT2D eigenvalue weighted by Crippen LogP contribution is 2.11. The SMILES string of the molecule is C=CCN(CCOC)C(=O)c1ccc(O)cc1. The zero-order chi connectivity index (χ0) is 12.7. The van der Waals surface area contributed by atoms with Crippen molar-refractivity contribution in [3.05, 3.63) is 42.5 Å². The summed E-state index contributed by atoms with van der Waals surface area (Å²) in [5, 5.41) is 9.16. The molecule has 0 atom stereocenters. The van der Waals surface area contributed by atoms with E-state index in [4.69, 9.17) is 9.84 Å². The van der Waals surface area contributed by atoms with E-state index in [-0.39, 0.29) is 11.7 Å². The first-order valence-electron chi connectivity index (χ1n) is 5.37. The highest BCUT2D eigenvalue weighted by atomic mass is 16.5. The molecule has 17 heavy (non-hydrogen) atoms. The Balaban J connectivity index is 2.75. The number of phenolic OH excluding ortho intramolecular Hbond substituents is 1. The van der Waals surface area contributed by atoms with Crippen molar-refractivity contribution in [1.82, 2.24) is 4.90 Å². The summed E-state index contributed by atoms with van der Waals surface area (Å²) in [4.78, 5) is 13.7. The molecule has 0 unspecified atom stereocenters. The van der Waals surface area contributed by atoms with Gasteiger partial charge in [0.2, 0.25) is 0 Å². The normalized spacial score (nSPS) is 9.94. The number of hydrogen-bond donors (Lipinski definition) is 1. The van der Waals surface area contributed by atoms with Crippen LogP contribution in [0.4, 0.5) is 0 Å². The first-order chi connectivity index (χ1) is 8.19. The number of nitrogens with zero attached hydrogens (tertiary/aromatic N) is 1. The minimum atomic E-state index is -0.0954. The van der Waals surface area contributed by atoms with Gasteiger partial charge in [-0.25, -0.2) is 0 Å². The molecule has 1 aromatic carbocycles. The van der Waals surface area contributed by atoms with Gasteiger partial charge in [-0.15, -0.1) is 6.58 Å². The Kier molecular flexibility index (Phi) is 5.23. The minimum absolute atomic E-state index is 0.0954. The van der Waals surface area contributed by atoms with Gasteiger partial charge in [0.1, 0.15) is 5.75 Å². The van der Waals surface area contributed by atoms with E-state index in [2.05, 4.69) is 6.58 Å². The summed E-state index contributed by atoms with van der Waals surface area (Å²) in [5.74, 6) is 0.0515. The lowest BCUT2D eigenvalue weighted by atomic mass is 10.2. The Morgan fingerprint density at radius 1 is 1.47 bits per heavy atom. The molecule has 1 N–H and O–H groups in total. The van der Waals surface area contributed by atoms with Crippen molar-refractivity contribution in [1.29, 1.82) is 0 Å². The number of carbonyl (C=O) groups is 1. The van der Waals surface area contributed by atoms with Crippen LogP contribution in [0.2, 0.25) is 0 Å². The molecule has 92 valence electrons. The van der Waals surface area contributed by atoms with Gasteiger partial charge >= 0.3 is 0 Å². The highest BCUT2D eigenvalue weighted by molar-refractivity contribution is 5.94. The van der Waals surface area contributed by atoms with Gasteiger partial charge in [-0.3, -0.25) is 4.79 Å². The van der Waals surface area contributed by atoms with Gasteiger partial charge in [-0.05, 0) is 24.3 Å². The number of methoxy groups -OCH3 is 1. The number of rotatable bonds is 6. The van der Waals surface area contributed by atoms with E-state index in [1.165, 1.54) is 12.1 Å². The lowest BCUT2D eigenvalue weighted by Crippen LogP contribution is -2.34. The standard InChI is InChI=1S/C13H17NO3/c1-3-8-14(9-10-17-2)13(16)11-4-6-12(15)7-5-11/h3-7,15H,1,8-10H2,2H3. The maximum atomic E-state index is 12.1. The fraction of sp³-hybridized carbons (Fsp3) is 0.308. The van der Waals surface area contributed by atoms with Crippen molar-refractivity contribution in [2.75, 3.05) is 26.8 Å². The van der Waals surface area contributed by atoms with Crippen LogP contribution in [0.3, 0.4) is 0 Å². The number of hydrogen-bond acceptors (Lipinski definition) is 3. The van der Waals surface area contributed by atoms with E-state index in [0.717, 1.165) is 0 Å². The predicted octanol–water partition coefficient (Wildman–Crippen LogP) is 1.67. The Hall–Kier alpha value is -1.81. The highest BCUT2D eigenvalue weighted by Gasteiger charge is 2.13. The Morgan fingerprint density at radius 3 is 2.65 bits per heavy atom. The molecule has 0 saturated heterocycles. The fourth-order valence-corrected chi connectivity index (χ4v) is 1.42. The van der Waals surface area contributed by atoms with Crippen LogP contribution >= 0.6 is 0 Å². The molecule has 0 spiro atoms. The number of phenols is 1. The number of benzene rings is 1. The molecule has 0 saturated carbocycles. The van der Waals surface area contributed by atoms with Gasteiger partial charge in [0.05, 0.1) is 6.61 Å². The summed E-state index contributed by atoms with van der Waals surface area (Å²) in [6.07, 6.45) is 1.67. The van der Waals surface area contributed by atoms with Gasteiger partial charge < -0.3 is 14.7 Å². The molecule has 4 nitrogen and oxygen atoms in total. The maximum absolute atomic E-state index is 12.1. The zero-order valence-corrected chi connectivity index (χ0v) is 9.93. The van der Waals surface area contributed by atoms with Crippen LogP contribution in [0, 0.1) is 0 Å². The summed E-state index contributed by atoms with van der Waals surface area (Å²) in [6.45, 7) is 5.10. The van der Waals surface area contributed by atoms with Crippen molar-refractivity contribution in [3.8, 4) is 5.75 Å². The first-order valence-corrected chi connectivity index (χ1v) is 5.37. The van der Waals surface area contributed by atoms with E-state index >= 15 is 0 Å². The first kappa shape index (κ1) is 13.3. The maximum Gasteiger partial charge on any atom is 0.254 e. The van der Waals surface area contributed by atoms with Gasteiger partial charge in [-0.2, -0.15) is 0 Å². The number of amides is 1. The molecule has 0 fully saturated rings. The smallest absolute Gasteiger partial charge is 0.254 e. The van der Waals surface area contributed by atoms with Crippen LogP contribution in [0.25, 0.3) is 0 Å². The largest absolute Gasteiger partial charge is 0.508 e. The monoisotopic (exact) mass is 235 g/mol. The van der Waals surface area contributed by atoms with Crippen LogP contribution in [-0.2, 0) is 4.74 Å². The van der Waals surface area contributed by atoms with Gasteiger partial charge in [0.25, 0.3) is 5.91 Å². The lowest BCUT2D eigenvalue weighted by molar-refractivity contribution is 0.0718.